The molecule has 1 amide bonds. The van der Waals surface area contributed by atoms with E-state index in [0.717, 1.165) is 42.1 Å². The van der Waals surface area contributed by atoms with Crippen molar-refractivity contribution in [3.05, 3.63) is 22.9 Å². The zero-order valence-corrected chi connectivity index (χ0v) is 13.0. The minimum absolute atomic E-state index is 0.0948. The van der Waals surface area contributed by atoms with Crippen LogP contribution in [0, 0.1) is 13.8 Å². The van der Waals surface area contributed by atoms with Gasteiger partial charge in [0.05, 0.1) is 12.1 Å². The number of anilines is 1. The number of likely N-dealkylation sites (N-methyl/N-ethyl adjacent to an activating group) is 1. The lowest BCUT2D eigenvalue weighted by Crippen LogP contribution is -2.36. The van der Waals surface area contributed by atoms with Crippen molar-refractivity contribution in [2.45, 2.75) is 20.3 Å². The number of carbonyl (C=O) groups excluding carboxylic acids is 1. The van der Waals surface area contributed by atoms with Gasteiger partial charge in [-0.25, -0.2) is 4.98 Å². The normalized spacial score (nSPS) is 16.2. The van der Waals surface area contributed by atoms with Crippen LogP contribution in [0.1, 0.15) is 23.2 Å². The highest BCUT2D eigenvalue weighted by atomic mass is 32.1. The van der Waals surface area contributed by atoms with E-state index in [0.29, 0.717) is 11.5 Å². The Morgan fingerprint density at radius 1 is 1.40 bits per heavy atom. The first-order chi connectivity index (χ1) is 9.40. The number of thiocarbonyl (C=S) groups is 1. The predicted octanol–water partition coefficient (Wildman–Crippen LogP) is 1.00. The first kappa shape index (κ1) is 14.7. The zero-order valence-electron chi connectivity index (χ0n) is 12.1. The molecule has 2 N–H and O–H groups in total. The van der Waals surface area contributed by atoms with Crippen LogP contribution in [0.15, 0.2) is 6.07 Å². The number of amides is 1. The fraction of sp³-hybridized carbons (Fsp3) is 0.500. The fourth-order valence-corrected chi connectivity index (χ4v) is 2.77. The van der Waals surface area contributed by atoms with Gasteiger partial charge in [-0.15, -0.1) is 0 Å². The van der Waals surface area contributed by atoms with Crippen molar-refractivity contribution in [3.8, 4) is 0 Å². The molecule has 6 heteroatoms. The summed E-state index contributed by atoms with van der Waals surface area (Å²) in [7, 11) is 1.83. The molecule has 1 aliphatic rings. The molecule has 1 fully saturated rings. The highest BCUT2D eigenvalue weighted by Gasteiger charge is 2.23. The second-order valence-corrected chi connectivity index (χ2v) is 5.67. The molecular weight excluding hydrogens is 272 g/mol. The van der Waals surface area contributed by atoms with Gasteiger partial charge >= 0.3 is 0 Å². The van der Waals surface area contributed by atoms with E-state index in [1.165, 1.54) is 0 Å². The van der Waals surface area contributed by atoms with Crippen molar-refractivity contribution in [1.29, 1.82) is 0 Å². The van der Waals surface area contributed by atoms with Crippen molar-refractivity contribution in [3.63, 3.8) is 0 Å². The number of hydrogen-bond donors (Lipinski definition) is 1. The molecule has 0 bridgehead atoms. The van der Waals surface area contributed by atoms with Crippen LogP contribution in [0.4, 0.5) is 5.82 Å². The third kappa shape index (κ3) is 2.90. The largest absolute Gasteiger partial charge is 0.389 e. The van der Waals surface area contributed by atoms with Crippen LogP contribution in [0.5, 0.6) is 0 Å². The summed E-state index contributed by atoms with van der Waals surface area (Å²) in [6.07, 6.45) is 0.910. The number of aromatic nitrogens is 1. The Labute approximate surface area is 124 Å². The number of aryl methyl sites for hydroxylation is 2. The SMILES string of the molecule is Cc1cc(C)c(C(N)=S)c(N2CCCN(C)C(=O)C2)n1. The molecule has 1 aromatic rings. The molecule has 20 heavy (non-hydrogen) atoms. The van der Waals surface area contributed by atoms with Gasteiger partial charge in [0.25, 0.3) is 0 Å². The number of nitrogens with zero attached hydrogens (tertiary/aromatic N) is 3. The lowest BCUT2D eigenvalue weighted by Gasteiger charge is -2.24. The molecule has 1 saturated heterocycles. The van der Waals surface area contributed by atoms with E-state index in [9.17, 15) is 4.79 Å². The monoisotopic (exact) mass is 292 g/mol. The van der Waals surface area contributed by atoms with Gasteiger partial charge in [-0.1, -0.05) is 12.2 Å². The topological polar surface area (TPSA) is 62.5 Å². The summed E-state index contributed by atoms with van der Waals surface area (Å²) in [6, 6.07) is 1.96. The Morgan fingerprint density at radius 2 is 2.10 bits per heavy atom. The van der Waals surface area contributed by atoms with E-state index in [-0.39, 0.29) is 5.91 Å². The summed E-state index contributed by atoms with van der Waals surface area (Å²) in [5.41, 5.74) is 8.53. The summed E-state index contributed by atoms with van der Waals surface area (Å²) < 4.78 is 0. The van der Waals surface area contributed by atoms with E-state index in [4.69, 9.17) is 18.0 Å². The van der Waals surface area contributed by atoms with Crippen LogP contribution in [0.3, 0.4) is 0 Å². The molecule has 0 aromatic carbocycles. The van der Waals surface area contributed by atoms with Crippen molar-refractivity contribution < 1.29 is 4.79 Å². The fourth-order valence-electron chi connectivity index (χ4n) is 2.52. The van der Waals surface area contributed by atoms with E-state index >= 15 is 0 Å². The van der Waals surface area contributed by atoms with E-state index in [1.54, 1.807) is 4.90 Å². The lowest BCUT2D eigenvalue weighted by atomic mass is 10.1. The maximum absolute atomic E-state index is 12.0. The van der Waals surface area contributed by atoms with E-state index in [2.05, 4.69) is 4.98 Å². The molecule has 0 atom stereocenters. The Balaban J connectivity index is 2.45. The molecule has 2 heterocycles. The second kappa shape index (κ2) is 5.75. The predicted molar refractivity (Wildman–Crippen MR) is 84.1 cm³/mol. The third-order valence-electron chi connectivity index (χ3n) is 3.54. The molecule has 108 valence electrons. The summed E-state index contributed by atoms with van der Waals surface area (Å²) in [5, 5.41) is 0. The van der Waals surface area contributed by atoms with Gasteiger partial charge in [-0.05, 0) is 31.9 Å². The Hall–Kier alpha value is -1.69. The first-order valence-electron chi connectivity index (χ1n) is 6.67. The van der Waals surface area contributed by atoms with Crippen molar-refractivity contribution in [2.75, 3.05) is 31.6 Å². The minimum atomic E-state index is 0.0948. The molecule has 0 saturated carbocycles. The lowest BCUT2D eigenvalue weighted by molar-refractivity contribution is -0.127. The minimum Gasteiger partial charge on any atom is -0.389 e. The summed E-state index contributed by atoms with van der Waals surface area (Å²) in [4.78, 5) is 20.7. The molecule has 1 aliphatic heterocycles. The Bertz CT molecular complexity index is 558. The number of hydrogen-bond acceptors (Lipinski definition) is 4. The molecule has 0 aliphatic carbocycles. The third-order valence-corrected chi connectivity index (χ3v) is 3.75. The smallest absolute Gasteiger partial charge is 0.241 e. The number of nitrogens with two attached hydrogens (primary N) is 1. The maximum atomic E-state index is 12.0. The number of pyridine rings is 1. The first-order valence-corrected chi connectivity index (χ1v) is 7.08. The van der Waals surface area contributed by atoms with Gasteiger partial charge in [0.15, 0.2) is 0 Å². The quantitative estimate of drug-likeness (QED) is 0.824. The van der Waals surface area contributed by atoms with Gasteiger partial charge in [0.2, 0.25) is 5.91 Å². The van der Waals surface area contributed by atoms with Gasteiger partial charge in [-0.3, -0.25) is 4.79 Å². The molecular formula is C14H20N4OS. The summed E-state index contributed by atoms with van der Waals surface area (Å²) >= 11 is 5.15. The molecule has 2 rings (SSSR count). The van der Waals surface area contributed by atoms with Crippen molar-refractivity contribution >= 4 is 28.9 Å². The van der Waals surface area contributed by atoms with Crippen molar-refractivity contribution in [2.24, 2.45) is 5.73 Å². The number of carbonyl (C=O) groups is 1. The molecule has 0 spiro atoms. The van der Waals surface area contributed by atoms with Gasteiger partial charge in [0, 0.05) is 25.8 Å². The zero-order chi connectivity index (χ0) is 14.9. The Kier molecular flexibility index (Phi) is 4.23. The molecule has 0 unspecified atom stereocenters. The van der Waals surface area contributed by atoms with Crippen LogP contribution in [0.25, 0.3) is 0 Å². The van der Waals surface area contributed by atoms with Gasteiger partial charge < -0.3 is 15.5 Å². The average Bonchev–Trinajstić information content (AvgIpc) is 2.50. The van der Waals surface area contributed by atoms with Crippen LogP contribution < -0.4 is 10.6 Å². The Morgan fingerprint density at radius 3 is 2.75 bits per heavy atom. The highest BCUT2D eigenvalue weighted by Crippen LogP contribution is 2.23. The van der Waals surface area contributed by atoms with Crippen LogP contribution in [-0.2, 0) is 4.79 Å². The van der Waals surface area contributed by atoms with Crippen LogP contribution in [-0.4, -0.2) is 47.5 Å². The van der Waals surface area contributed by atoms with Crippen LogP contribution >= 0.6 is 12.2 Å². The molecule has 0 radical (unpaired) electrons. The maximum Gasteiger partial charge on any atom is 0.241 e. The molecule has 1 aromatic heterocycles. The van der Waals surface area contributed by atoms with Crippen LogP contribution in [0.2, 0.25) is 0 Å². The van der Waals surface area contributed by atoms with E-state index < -0.39 is 0 Å². The standard InChI is InChI=1S/C14H20N4OS/c1-9-7-10(2)16-14(12(9)13(15)20)18-6-4-5-17(3)11(19)8-18/h7H,4-6,8H2,1-3H3,(H2,15,20). The highest BCUT2D eigenvalue weighted by molar-refractivity contribution is 7.80. The number of rotatable bonds is 2. The molecule has 5 nitrogen and oxygen atoms in total. The second-order valence-electron chi connectivity index (χ2n) is 5.23. The summed E-state index contributed by atoms with van der Waals surface area (Å²) in [5.74, 6) is 0.830. The van der Waals surface area contributed by atoms with Gasteiger partial charge in [0.1, 0.15) is 10.8 Å². The average molecular weight is 292 g/mol. The van der Waals surface area contributed by atoms with Gasteiger partial charge in [-0.2, -0.15) is 0 Å². The van der Waals surface area contributed by atoms with Crippen molar-refractivity contribution in [1.82, 2.24) is 9.88 Å². The van der Waals surface area contributed by atoms with E-state index in [1.807, 2.05) is 31.9 Å². The summed E-state index contributed by atoms with van der Waals surface area (Å²) in [6.45, 7) is 5.77.